The van der Waals surface area contributed by atoms with Crippen LogP contribution in [0.2, 0.25) is 0 Å². The molecule has 7 heteroatoms. The maximum Gasteiger partial charge on any atom is 0.0987 e. The van der Waals surface area contributed by atoms with E-state index in [1.54, 1.807) is 0 Å². The first-order valence-corrected chi connectivity index (χ1v) is 15.1. The third-order valence-electron chi connectivity index (χ3n) is 7.33. The highest BCUT2D eigenvalue weighted by atomic mass is 16.5. The van der Waals surface area contributed by atoms with Crippen molar-refractivity contribution < 1.29 is 9.47 Å². The maximum absolute atomic E-state index is 5.22. The zero-order valence-corrected chi connectivity index (χ0v) is 25.0. The molecule has 0 unspecified atom stereocenters. The summed E-state index contributed by atoms with van der Waals surface area (Å²) in [5.41, 5.74) is 0. The fraction of sp³-hybridized carbons (Fsp3) is 1.00. The summed E-state index contributed by atoms with van der Waals surface area (Å²) in [7, 11) is 10.8. The molecule has 0 radical (unpaired) electrons. The van der Waals surface area contributed by atoms with Crippen LogP contribution in [0.4, 0.5) is 0 Å². The average Bonchev–Trinajstić information content (AvgIpc) is 3.07. The molecular formula is C33H79N5O2. The molecule has 5 rings (SSSR count). The molecule has 0 saturated carbocycles. The minimum atomic E-state index is 0. The number of likely N-dealkylation sites (tertiary alicyclic amines) is 3. The average molecular weight is 578 g/mol. The molecule has 5 aliphatic rings. The molecule has 248 valence electrons. The largest absolute Gasteiger partial charge is 0.380 e. The Hall–Kier alpha value is -0.280. The van der Waals surface area contributed by atoms with E-state index in [2.05, 4.69) is 59.7 Å². The van der Waals surface area contributed by atoms with Gasteiger partial charge in [0.15, 0.2) is 0 Å². The van der Waals surface area contributed by atoms with Gasteiger partial charge in [-0.15, -0.1) is 0 Å². The summed E-state index contributed by atoms with van der Waals surface area (Å²) in [5.74, 6) is 0. The summed E-state index contributed by atoms with van der Waals surface area (Å²) in [6.07, 6.45) is 15.2. The van der Waals surface area contributed by atoms with Crippen LogP contribution in [0.5, 0.6) is 0 Å². The van der Waals surface area contributed by atoms with E-state index in [4.69, 9.17) is 9.47 Å². The van der Waals surface area contributed by atoms with E-state index in [0.29, 0.717) is 0 Å². The number of likely N-dealkylation sites (N-methyl/N-ethyl adjacent to an activating group) is 1. The third kappa shape index (κ3) is 30.7. The topological polar surface area (TPSA) is 34.7 Å². The Labute approximate surface area is 254 Å². The van der Waals surface area contributed by atoms with Gasteiger partial charge >= 0.3 is 0 Å². The quantitative estimate of drug-likeness (QED) is 0.326. The van der Waals surface area contributed by atoms with Gasteiger partial charge in [-0.1, -0.05) is 49.0 Å². The molecule has 0 bridgehead atoms. The lowest BCUT2D eigenvalue weighted by Gasteiger charge is -2.21. The van der Waals surface area contributed by atoms with Crippen molar-refractivity contribution in [2.75, 3.05) is 121 Å². The van der Waals surface area contributed by atoms with Crippen LogP contribution in [-0.4, -0.2) is 145 Å². The summed E-state index contributed by atoms with van der Waals surface area (Å²) in [4.78, 5) is 11.6. The fourth-order valence-corrected chi connectivity index (χ4v) is 4.75. The summed E-state index contributed by atoms with van der Waals surface area (Å²) < 4.78 is 10.3. The van der Waals surface area contributed by atoms with E-state index < -0.39 is 0 Å². The van der Waals surface area contributed by atoms with Crippen molar-refractivity contribution in [2.45, 2.75) is 100 Å². The number of nitrogens with zero attached hydrogens (tertiary/aromatic N) is 5. The first-order chi connectivity index (χ1) is 17.5. The van der Waals surface area contributed by atoms with E-state index in [-0.39, 0.29) is 29.7 Å². The van der Waals surface area contributed by atoms with Crippen molar-refractivity contribution in [1.82, 2.24) is 24.5 Å². The van der Waals surface area contributed by atoms with Crippen molar-refractivity contribution >= 4 is 0 Å². The van der Waals surface area contributed by atoms with Crippen LogP contribution in [0.25, 0.3) is 0 Å². The predicted molar refractivity (Wildman–Crippen MR) is 182 cm³/mol. The Bertz CT molecular complexity index is 404. The Morgan fingerprint density at radius 2 is 0.600 bits per heavy atom. The lowest BCUT2D eigenvalue weighted by molar-refractivity contribution is 0.00118. The van der Waals surface area contributed by atoms with Gasteiger partial charge in [-0.2, -0.15) is 0 Å². The number of hydrogen-bond acceptors (Lipinski definition) is 7. The summed E-state index contributed by atoms with van der Waals surface area (Å²) in [6, 6.07) is 0. The van der Waals surface area contributed by atoms with Crippen molar-refractivity contribution in [2.24, 2.45) is 0 Å². The van der Waals surface area contributed by atoms with Crippen molar-refractivity contribution in [3.8, 4) is 0 Å². The molecule has 7 nitrogen and oxygen atoms in total. The summed E-state index contributed by atoms with van der Waals surface area (Å²) >= 11 is 0. The SMILES string of the molecule is C.C.C.C.CN1CCCC1.CN1CCCCC1.CN1CCCCCC1.CN1CCCOC1.CN1CCCOCC1. The minimum absolute atomic E-state index is 0. The first kappa shape index (κ1) is 46.7. The highest BCUT2D eigenvalue weighted by molar-refractivity contribution is 4.60. The van der Waals surface area contributed by atoms with Crippen LogP contribution in [0.15, 0.2) is 0 Å². The normalized spacial score (nSPS) is 22.7. The molecule has 5 saturated heterocycles. The maximum atomic E-state index is 5.22. The standard InChI is InChI=1S/C7H15N.C6H13NO.C6H13N.C5H11NO.C5H11N.4CH4/c1-8-6-4-2-3-5-7-8;1-7-3-2-5-8-6-4-7;1-7-5-3-2-4-6-7;1-6-3-2-4-7-5-6;1-6-4-2-3-5-6;;;;/h2-7H2,1H3;2-6H2,1H3;2-6H2,1H3;2-5H2,1H3;2-5H2,1H3;4*1H4. The van der Waals surface area contributed by atoms with Gasteiger partial charge in [-0.3, -0.25) is 4.90 Å². The molecule has 40 heavy (non-hydrogen) atoms. The van der Waals surface area contributed by atoms with Crippen LogP contribution >= 0.6 is 0 Å². The molecule has 0 aromatic carbocycles. The van der Waals surface area contributed by atoms with Gasteiger partial charge in [0.05, 0.1) is 13.3 Å². The molecule has 0 N–H and O–H groups in total. The van der Waals surface area contributed by atoms with Crippen LogP contribution in [0.1, 0.15) is 100 Å². The second-order valence-electron chi connectivity index (χ2n) is 11.3. The lowest BCUT2D eigenvalue weighted by atomic mass is 10.1. The number of rotatable bonds is 0. The van der Waals surface area contributed by atoms with Crippen molar-refractivity contribution in [3.63, 3.8) is 0 Å². The highest BCUT2D eigenvalue weighted by Crippen LogP contribution is 2.07. The zero-order chi connectivity index (χ0) is 26.3. The van der Waals surface area contributed by atoms with E-state index in [1.165, 1.54) is 123 Å². The van der Waals surface area contributed by atoms with Crippen molar-refractivity contribution in [1.29, 1.82) is 0 Å². The molecule has 0 amide bonds. The van der Waals surface area contributed by atoms with Crippen LogP contribution in [-0.2, 0) is 9.47 Å². The molecule has 0 aromatic heterocycles. The third-order valence-corrected chi connectivity index (χ3v) is 7.33. The number of hydrogen-bond donors (Lipinski definition) is 0. The van der Waals surface area contributed by atoms with Gasteiger partial charge in [0.25, 0.3) is 0 Å². The molecule has 0 atom stereocenters. The first-order valence-electron chi connectivity index (χ1n) is 15.1. The second kappa shape index (κ2) is 33.2. The van der Waals surface area contributed by atoms with E-state index >= 15 is 0 Å². The van der Waals surface area contributed by atoms with Gasteiger partial charge in [0, 0.05) is 32.8 Å². The molecule has 5 fully saturated rings. The van der Waals surface area contributed by atoms with Crippen LogP contribution in [0, 0.1) is 0 Å². The van der Waals surface area contributed by atoms with Crippen molar-refractivity contribution in [3.05, 3.63) is 0 Å². The van der Waals surface area contributed by atoms with Gasteiger partial charge in [-0.05, 0) is 126 Å². The Balaban J connectivity index is -0.000000198. The molecule has 5 aliphatic heterocycles. The van der Waals surface area contributed by atoms with Gasteiger partial charge in [0.1, 0.15) is 0 Å². The molecule has 5 heterocycles. The monoisotopic (exact) mass is 578 g/mol. The molecule has 0 aliphatic carbocycles. The van der Waals surface area contributed by atoms with E-state index in [1.807, 2.05) is 0 Å². The van der Waals surface area contributed by atoms with E-state index in [9.17, 15) is 0 Å². The summed E-state index contributed by atoms with van der Waals surface area (Å²) in [6.45, 7) is 15.0. The molecule has 0 aromatic rings. The lowest BCUT2D eigenvalue weighted by Crippen LogP contribution is -2.28. The van der Waals surface area contributed by atoms with Gasteiger partial charge in [-0.25, -0.2) is 0 Å². The predicted octanol–water partition coefficient (Wildman–Crippen LogP) is 6.49. The Morgan fingerprint density at radius 3 is 0.950 bits per heavy atom. The fourth-order valence-electron chi connectivity index (χ4n) is 4.75. The van der Waals surface area contributed by atoms with Gasteiger partial charge < -0.3 is 29.1 Å². The van der Waals surface area contributed by atoms with Crippen LogP contribution < -0.4 is 0 Å². The van der Waals surface area contributed by atoms with E-state index in [0.717, 1.165) is 33.1 Å². The smallest absolute Gasteiger partial charge is 0.0987 e. The zero-order valence-electron chi connectivity index (χ0n) is 25.0. The molecule has 0 spiro atoms. The summed E-state index contributed by atoms with van der Waals surface area (Å²) in [5, 5.41) is 0. The Morgan fingerprint density at radius 1 is 0.300 bits per heavy atom. The number of piperidine rings is 1. The van der Waals surface area contributed by atoms with Crippen LogP contribution in [0.3, 0.4) is 0 Å². The second-order valence-corrected chi connectivity index (χ2v) is 11.3. The van der Waals surface area contributed by atoms with Gasteiger partial charge in [0.2, 0.25) is 0 Å². The Kier molecular flexibility index (Phi) is 38.8. The highest BCUT2D eigenvalue weighted by Gasteiger charge is 2.05. The molecular weight excluding hydrogens is 498 g/mol. The minimum Gasteiger partial charge on any atom is -0.380 e. The number of ether oxygens (including phenoxy) is 2.